The number of rotatable bonds is 4. The zero-order valence-electron chi connectivity index (χ0n) is 12.1. The number of benzene rings is 1. The van der Waals surface area contributed by atoms with Gasteiger partial charge in [0, 0.05) is 18.7 Å². The van der Waals surface area contributed by atoms with Crippen LogP contribution in [0.3, 0.4) is 0 Å². The van der Waals surface area contributed by atoms with Gasteiger partial charge in [-0.2, -0.15) is 0 Å². The van der Waals surface area contributed by atoms with Gasteiger partial charge in [0.25, 0.3) is 5.56 Å². The summed E-state index contributed by atoms with van der Waals surface area (Å²) >= 11 is 0. The fraction of sp³-hybridized carbons (Fsp3) is 0.412. The molecule has 0 unspecified atom stereocenters. The van der Waals surface area contributed by atoms with Crippen LogP contribution in [-0.2, 0) is 25.8 Å². The maximum atomic E-state index is 12.6. The standard InChI is InChI=1S/C17H20N2O2/c20-11-10-19-16-9-5-4-8-14(16)18-15(17(19)21)12-13-6-2-1-3-7-13/h1-3,6-7,20H,4-5,8-12H2. The highest BCUT2D eigenvalue weighted by molar-refractivity contribution is 5.24. The van der Waals surface area contributed by atoms with Crippen molar-refractivity contribution in [2.75, 3.05) is 6.61 Å². The second-order valence-corrected chi connectivity index (χ2v) is 5.50. The Bertz CT molecular complexity index is 677. The van der Waals surface area contributed by atoms with Gasteiger partial charge in [-0.15, -0.1) is 0 Å². The Morgan fingerprint density at radius 3 is 2.67 bits per heavy atom. The van der Waals surface area contributed by atoms with Crippen molar-refractivity contribution >= 4 is 0 Å². The minimum atomic E-state index is -0.0476. The highest BCUT2D eigenvalue weighted by atomic mass is 16.3. The summed E-state index contributed by atoms with van der Waals surface area (Å²) in [7, 11) is 0. The molecule has 0 radical (unpaired) electrons. The van der Waals surface area contributed by atoms with Gasteiger partial charge in [-0.25, -0.2) is 4.98 Å². The molecule has 1 aromatic carbocycles. The Kier molecular flexibility index (Phi) is 4.15. The minimum Gasteiger partial charge on any atom is -0.395 e. The Hall–Kier alpha value is -1.94. The Balaban J connectivity index is 2.04. The molecule has 3 rings (SSSR count). The highest BCUT2D eigenvalue weighted by Gasteiger charge is 2.19. The molecule has 1 aliphatic carbocycles. The predicted octanol–water partition coefficient (Wildman–Crippen LogP) is 1.71. The SMILES string of the molecule is O=c1c(Cc2ccccc2)nc2c(n1CCO)CCCC2. The largest absolute Gasteiger partial charge is 0.395 e. The molecule has 0 saturated carbocycles. The number of nitrogens with zero attached hydrogens (tertiary/aromatic N) is 2. The molecule has 0 bridgehead atoms. The summed E-state index contributed by atoms with van der Waals surface area (Å²) in [6.07, 6.45) is 4.60. The molecule has 4 heteroatoms. The van der Waals surface area contributed by atoms with Gasteiger partial charge in [-0.1, -0.05) is 30.3 Å². The molecular formula is C17H20N2O2. The molecule has 1 heterocycles. The molecule has 0 saturated heterocycles. The van der Waals surface area contributed by atoms with Crippen molar-refractivity contribution in [1.29, 1.82) is 0 Å². The molecule has 0 aliphatic heterocycles. The van der Waals surface area contributed by atoms with Crippen molar-refractivity contribution in [2.24, 2.45) is 0 Å². The lowest BCUT2D eigenvalue weighted by molar-refractivity contribution is 0.270. The van der Waals surface area contributed by atoms with Crippen molar-refractivity contribution < 1.29 is 5.11 Å². The van der Waals surface area contributed by atoms with E-state index in [1.807, 2.05) is 30.3 Å². The predicted molar refractivity (Wildman–Crippen MR) is 81.5 cm³/mol. The van der Waals surface area contributed by atoms with Gasteiger partial charge in [0.1, 0.15) is 5.69 Å². The summed E-state index contributed by atoms with van der Waals surface area (Å²) in [6, 6.07) is 9.93. The molecule has 0 spiro atoms. The molecular weight excluding hydrogens is 264 g/mol. The van der Waals surface area contributed by atoms with Gasteiger partial charge in [0.05, 0.1) is 12.3 Å². The molecule has 110 valence electrons. The van der Waals surface area contributed by atoms with Crippen molar-refractivity contribution in [3.05, 3.63) is 63.3 Å². The van der Waals surface area contributed by atoms with E-state index in [1.54, 1.807) is 4.57 Å². The lowest BCUT2D eigenvalue weighted by atomic mass is 9.99. The number of fused-ring (bicyclic) bond motifs is 1. The second kappa shape index (κ2) is 6.22. The maximum Gasteiger partial charge on any atom is 0.272 e. The van der Waals surface area contributed by atoms with Crippen LogP contribution in [0.25, 0.3) is 0 Å². The molecule has 4 nitrogen and oxygen atoms in total. The van der Waals surface area contributed by atoms with Crippen LogP contribution in [0.2, 0.25) is 0 Å². The summed E-state index contributed by atoms with van der Waals surface area (Å²) in [6.45, 7) is 0.354. The highest BCUT2D eigenvalue weighted by Crippen LogP contribution is 2.19. The van der Waals surface area contributed by atoms with Gasteiger partial charge in [-0.05, 0) is 31.2 Å². The van der Waals surface area contributed by atoms with Crippen LogP contribution in [0.5, 0.6) is 0 Å². The van der Waals surface area contributed by atoms with E-state index >= 15 is 0 Å². The van der Waals surface area contributed by atoms with Crippen molar-refractivity contribution in [3.8, 4) is 0 Å². The van der Waals surface area contributed by atoms with E-state index in [2.05, 4.69) is 4.98 Å². The Morgan fingerprint density at radius 1 is 1.14 bits per heavy atom. The van der Waals surface area contributed by atoms with E-state index in [1.165, 1.54) is 0 Å². The van der Waals surface area contributed by atoms with E-state index in [-0.39, 0.29) is 12.2 Å². The Morgan fingerprint density at radius 2 is 1.90 bits per heavy atom. The number of aliphatic hydroxyl groups excluding tert-OH is 1. The molecule has 1 aromatic heterocycles. The summed E-state index contributed by atoms with van der Waals surface area (Å²) in [5.41, 5.74) is 3.70. The monoisotopic (exact) mass is 284 g/mol. The van der Waals surface area contributed by atoms with Crippen molar-refractivity contribution in [1.82, 2.24) is 9.55 Å². The van der Waals surface area contributed by atoms with E-state index in [0.29, 0.717) is 18.7 Å². The van der Waals surface area contributed by atoms with Crippen LogP contribution < -0.4 is 5.56 Å². The lowest BCUT2D eigenvalue weighted by Crippen LogP contribution is -2.32. The quantitative estimate of drug-likeness (QED) is 0.930. The van der Waals surface area contributed by atoms with Crippen LogP contribution in [0.1, 0.15) is 35.5 Å². The maximum absolute atomic E-state index is 12.6. The molecule has 0 fully saturated rings. The fourth-order valence-electron chi connectivity index (χ4n) is 3.01. The number of hydrogen-bond acceptors (Lipinski definition) is 3. The first kappa shape index (κ1) is 14.0. The molecule has 1 aliphatic rings. The second-order valence-electron chi connectivity index (χ2n) is 5.50. The van der Waals surface area contributed by atoms with Gasteiger partial charge in [0.2, 0.25) is 0 Å². The van der Waals surface area contributed by atoms with Gasteiger partial charge in [0.15, 0.2) is 0 Å². The summed E-state index contributed by atoms with van der Waals surface area (Å²) < 4.78 is 1.74. The zero-order valence-corrected chi connectivity index (χ0v) is 12.1. The number of aromatic nitrogens is 2. The average Bonchev–Trinajstić information content (AvgIpc) is 2.52. The third-order valence-electron chi connectivity index (χ3n) is 4.04. The summed E-state index contributed by atoms with van der Waals surface area (Å²) in [4.78, 5) is 17.3. The first-order valence-electron chi connectivity index (χ1n) is 7.56. The number of aliphatic hydroxyl groups is 1. The van der Waals surface area contributed by atoms with Crippen LogP contribution >= 0.6 is 0 Å². The van der Waals surface area contributed by atoms with Crippen molar-refractivity contribution in [3.63, 3.8) is 0 Å². The van der Waals surface area contributed by atoms with E-state index in [9.17, 15) is 9.90 Å². The van der Waals surface area contributed by atoms with Crippen LogP contribution in [0.15, 0.2) is 35.1 Å². The molecule has 21 heavy (non-hydrogen) atoms. The molecule has 1 N–H and O–H groups in total. The first-order chi connectivity index (χ1) is 10.3. The first-order valence-corrected chi connectivity index (χ1v) is 7.56. The topological polar surface area (TPSA) is 55.1 Å². The summed E-state index contributed by atoms with van der Waals surface area (Å²) in [5.74, 6) is 0. The third kappa shape index (κ3) is 2.90. The summed E-state index contributed by atoms with van der Waals surface area (Å²) in [5, 5.41) is 9.25. The molecule has 0 amide bonds. The van der Waals surface area contributed by atoms with Crippen LogP contribution in [-0.4, -0.2) is 21.3 Å². The number of aryl methyl sites for hydroxylation is 1. The van der Waals surface area contributed by atoms with E-state index in [0.717, 1.165) is 42.6 Å². The normalized spacial score (nSPS) is 14.0. The zero-order chi connectivity index (χ0) is 14.7. The fourth-order valence-corrected chi connectivity index (χ4v) is 3.01. The van der Waals surface area contributed by atoms with Crippen LogP contribution in [0.4, 0.5) is 0 Å². The number of hydrogen-bond donors (Lipinski definition) is 1. The van der Waals surface area contributed by atoms with Gasteiger partial charge >= 0.3 is 0 Å². The smallest absolute Gasteiger partial charge is 0.272 e. The van der Waals surface area contributed by atoms with Gasteiger partial charge < -0.3 is 9.67 Å². The van der Waals surface area contributed by atoms with E-state index < -0.39 is 0 Å². The van der Waals surface area contributed by atoms with E-state index in [4.69, 9.17) is 0 Å². The average molecular weight is 284 g/mol. The lowest BCUT2D eigenvalue weighted by Gasteiger charge is -2.21. The molecule has 0 atom stereocenters. The minimum absolute atomic E-state index is 0.0128. The molecule has 2 aromatic rings. The van der Waals surface area contributed by atoms with Crippen LogP contribution in [0, 0.1) is 0 Å². The Labute approximate surface area is 124 Å². The van der Waals surface area contributed by atoms with Crippen molar-refractivity contribution in [2.45, 2.75) is 38.6 Å². The van der Waals surface area contributed by atoms with Gasteiger partial charge in [-0.3, -0.25) is 4.79 Å². The third-order valence-corrected chi connectivity index (χ3v) is 4.04.